The Labute approximate surface area is 94.2 Å². The van der Waals surface area contributed by atoms with Crippen LogP contribution in [0.25, 0.3) is 0 Å². The summed E-state index contributed by atoms with van der Waals surface area (Å²) in [6.45, 7) is -0.305. The maximum Gasteiger partial charge on any atom is 0.416 e. The van der Waals surface area contributed by atoms with Crippen molar-refractivity contribution in [3.63, 3.8) is 0 Å². The third-order valence-corrected chi connectivity index (χ3v) is 2.35. The van der Waals surface area contributed by atoms with Crippen molar-refractivity contribution < 1.29 is 17.6 Å². The van der Waals surface area contributed by atoms with Gasteiger partial charge in [0.25, 0.3) is 0 Å². The van der Waals surface area contributed by atoms with Crippen LogP contribution >= 0.6 is 11.6 Å². The summed E-state index contributed by atoms with van der Waals surface area (Å²) < 4.78 is 51.1. The molecule has 0 aliphatic heterocycles. The first-order valence-electron chi connectivity index (χ1n) is 4.29. The number of rotatable bonds is 2. The van der Waals surface area contributed by atoms with Crippen LogP contribution in [0.5, 0.6) is 0 Å². The molecular formula is C9H9ClF4N2. The summed E-state index contributed by atoms with van der Waals surface area (Å²) in [5.74, 6) is -1.17. The maximum absolute atomic E-state index is 13.5. The number of benzene rings is 1. The highest BCUT2D eigenvalue weighted by Crippen LogP contribution is 2.37. The van der Waals surface area contributed by atoms with Gasteiger partial charge in [-0.1, -0.05) is 11.6 Å². The van der Waals surface area contributed by atoms with Gasteiger partial charge in [0, 0.05) is 18.2 Å². The standard InChI is InChI=1S/C9H9ClF4N2/c10-5-2-1-4(9(12,13)14)7(8(5)11)6(16)3-15/h1-2,6H,3,15-16H2/t6-/m1/s1. The molecule has 90 valence electrons. The van der Waals surface area contributed by atoms with Crippen molar-refractivity contribution >= 4 is 11.6 Å². The van der Waals surface area contributed by atoms with Gasteiger partial charge in [-0.05, 0) is 12.1 Å². The average Bonchev–Trinajstić information content (AvgIpc) is 2.19. The summed E-state index contributed by atoms with van der Waals surface area (Å²) in [5.41, 5.74) is 8.63. The normalized spacial score (nSPS) is 13.9. The minimum absolute atomic E-state index is 0.305. The molecule has 0 fully saturated rings. The first-order chi connectivity index (χ1) is 7.29. The van der Waals surface area contributed by atoms with Gasteiger partial charge in [0.15, 0.2) is 0 Å². The second-order valence-electron chi connectivity index (χ2n) is 3.16. The Kier molecular flexibility index (Phi) is 3.77. The summed E-state index contributed by atoms with van der Waals surface area (Å²) >= 11 is 5.40. The Bertz CT molecular complexity index is 392. The van der Waals surface area contributed by atoms with E-state index < -0.39 is 34.2 Å². The van der Waals surface area contributed by atoms with Crippen LogP contribution in [0, 0.1) is 5.82 Å². The van der Waals surface area contributed by atoms with Crippen LogP contribution in [0.1, 0.15) is 17.2 Å². The molecule has 0 heterocycles. The summed E-state index contributed by atoms with van der Waals surface area (Å²) in [6, 6.07) is 0.290. The van der Waals surface area contributed by atoms with Gasteiger partial charge in [-0.25, -0.2) is 4.39 Å². The molecule has 1 atom stereocenters. The number of alkyl halides is 3. The van der Waals surface area contributed by atoms with Gasteiger partial charge >= 0.3 is 6.18 Å². The molecule has 0 saturated heterocycles. The van der Waals surface area contributed by atoms with Gasteiger partial charge < -0.3 is 11.5 Å². The lowest BCUT2D eigenvalue weighted by Gasteiger charge is -2.18. The number of nitrogens with two attached hydrogens (primary N) is 2. The van der Waals surface area contributed by atoms with Crippen molar-refractivity contribution in [3.8, 4) is 0 Å². The molecule has 0 spiro atoms. The molecule has 1 aromatic rings. The topological polar surface area (TPSA) is 52.0 Å². The molecule has 0 radical (unpaired) electrons. The van der Waals surface area contributed by atoms with E-state index in [4.69, 9.17) is 23.1 Å². The molecule has 0 saturated carbocycles. The van der Waals surface area contributed by atoms with E-state index in [9.17, 15) is 17.6 Å². The summed E-state index contributed by atoms with van der Waals surface area (Å²) in [5, 5.41) is -0.410. The molecule has 1 aromatic carbocycles. The van der Waals surface area contributed by atoms with E-state index in [2.05, 4.69) is 0 Å². The van der Waals surface area contributed by atoms with Crippen molar-refractivity contribution in [2.24, 2.45) is 11.5 Å². The van der Waals surface area contributed by atoms with E-state index in [0.29, 0.717) is 6.07 Å². The third-order valence-electron chi connectivity index (χ3n) is 2.06. The third kappa shape index (κ3) is 2.45. The van der Waals surface area contributed by atoms with Crippen LogP contribution < -0.4 is 11.5 Å². The fourth-order valence-corrected chi connectivity index (χ4v) is 1.46. The molecule has 0 unspecified atom stereocenters. The quantitative estimate of drug-likeness (QED) is 0.799. The molecule has 0 aliphatic rings. The van der Waals surface area contributed by atoms with E-state index in [1.807, 2.05) is 0 Å². The highest BCUT2D eigenvalue weighted by molar-refractivity contribution is 6.30. The lowest BCUT2D eigenvalue weighted by molar-refractivity contribution is -0.138. The SMILES string of the molecule is NC[C@@H](N)c1c(C(F)(F)F)ccc(Cl)c1F. The van der Waals surface area contributed by atoms with Crippen LogP contribution in [0.3, 0.4) is 0 Å². The molecule has 1 rings (SSSR count). The molecule has 0 amide bonds. The van der Waals surface area contributed by atoms with E-state index in [0.717, 1.165) is 6.07 Å². The molecule has 7 heteroatoms. The first kappa shape index (κ1) is 13.2. The monoisotopic (exact) mass is 256 g/mol. The summed E-state index contributed by atoms with van der Waals surface area (Å²) in [6.07, 6.45) is -4.69. The van der Waals surface area contributed by atoms with E-state index in [-0.39, 0.29) is 6.54 Å². The average molecular weight is 257 g/mol. The minimum atomic E-state index is -4.69. The van der Waals surface area contributed by atoms with Crippen LogP contribution in [0.15, 0.2) is 12.1 Å². The van der Waals surface area contributed by atoms with Crippen molar-refractivity contribution in [3.05, 3.63) is 34.1 Å². The Morgan fingerprint density at radius 2 is 1.88 bits per heavy atom. The summed E-state index contributed by atoms with van der Waals surface area (Å²) in [7, 11) is 0. The Morgan fingerprint density at radius 3 is 2.31 bits per heavy atom. The van der Waals surface area contributed by atoms with Gasteiger partial charge in [-0.3, -0.25) is 0 Å². The van der Waals surface area contributed by atoms with Gasteiger partial charge in [0.05, 0.1) is 10.6 Å². The maximum atomic E-state index is 13.5. The second-order valence-corrected chi connectivity index (χ2v) is 3.57. The largest absolute Gasteiger partial charge is 0.416 e. The highest BCUT2D eigenvalue weighted by Gasteiger charge is 2.36. The van der Waals surface area contributed by atoms with Crippen LogP contribution in [-0.2, 0) is 6.18 Å². The Balaban J connectivity index is 3.45. The molecule has 0 aromatic heterocycles. The zero-order valence-corrected chi connectivity index (χ0v) is 8.74. The van der Waals surface area contributed by atoms with E-state index >= 15 is 0 Å². The number of halogens is 5. The Hall–Kier alpha value is -0.850. The molecule has 4 N–H and O–H groups in total. The van der Waals surface area contributed by atoms with Crippen LogP contribution in [0.2, 0.25) is 5.02 Å². The molecule has 0 bridgehead atoms. The molecule has 0 aliphatic carbocycles. The zero-order valence-electron chi connectivity index (χ0n) is 7.98. The second kappa shape index (κ2) is 4.57. The van der Waals surface area contributed by atoms with Crippen molar-refractivity contribution in [2.75, 3.05) is 6.54 Å². The predicted molar refractivity (Wildman–Crippen MR) is 52.4 cm³/mol. The fourth-order valence-electron chi connectivity index (χ4n) is 1.29. The summed E-state index contributed by atoms with van der Waals surface area (Å²) in [4.78, 5) is 0. The minimum Gasteiger partial charge on any atom is -0.329 e. The van der Waals surface area contributed by atoms with Gasteiger partial charge in [-0.2, -0.15) is 13.2 Å². The molecule has 2 nitrogen and oxygen atoms in total. The van der Waals surface area contributed by atoms with Gasteiger partial charge in [0.2, 0.25) is 0 Å². The number of hydrogen-bond acceptors (Lipinski definition) is 2. The predicted octanol–water partition coefficient (Wildman–Crippen LogP) is 2.46. The van der Waals surface area contributed by atoms with Crippen molar-refractivity contribution in [1.82, 2.24) is 0 Å². The van der Waals surface area contributed by atoms with Crippen molar-refractivity contribution in [1.29, 1.82) is 0 Å². The fraction of sp³-hybridized carbons (Fsp3) is 0.333. The van der Waals surface area contributed by atoms with Crippen LogP contribution in [-0.4, -0.2) is 6.54 Å². The highest BCUT2D eigenvalue weighted by atomic mass is 35.5. The van der Waals surface area contributed by atoms with Gasteiger partial charge in [0.1, 0.15) is 5.82 Å². The lowest BCUT2D eigenvalue weighted by atomic mass is 9.99. The smallest absolute Gasteiger partial charge is 0.329 e. The molecule has 16 heavy (non-hydrogen) atoms. The Morgan fingerprint density at radius 1 is 1.31 bits per heavy atom. The van der Waals surface area contributed by atoms with Gasteiger partial charge in [-0.15, -0.1) is 0 Å². The van der Waals surface area contributed by atoms with Crippen LogP contribution in [0.4, 0.5) is 17.6 Å². The molecular weight excluding hydrogens is 248 g/mol. The van der Waals surface area contributed by atoms with Crippen molar-refractivity contribution in [2.45, 2.75) is 12.2 Å². The van der Waals surface area contributed by atoms with E-state index in [1.54, 1.807) is 0 Å². The van der Waals surface area contributed by atoms with E-state index in [1.165, 1.54) is 0 Å². The zero-order chi connectivity index (χ0) is 12.5. The first-order valence-corrected chi connectivity index (χ1v) is 4.67. The number of hydrogen-bond donors (Lipinski definition) is 2. The lowest BCUT2D eigenvalue weighted by Crippen LogP contribution is -2.25.